The van der Waals surface area contributed by atoms with Crippen LogP contribution in [-0.4, -0.2) is 38.1 Å². The normalized spacial score (nSPS) is 17.3. The van der Waals surface area contributed by atoms with Gasteiger partial charge in [-0.3, -0.25) is 0 Å². The Hall–Kier alpha value is -2.98. The Labute approximate surface area is 203 Å². The highest BCUT2D eigenvalue weighted by atomic mass is 19.4. The molecule has 2 aromatic carbocycles. The molecule has 0 radical (unpaired) electrons. The van der Waals surface area contributed by atoms with Crippen LogP contribution in [-0.2, 0) is 26.8 Å². The third-order valence-corrected chi connectivity index (χ3v) is 6.11. The molecule has 0 bridgehead atoms. The minimum atomic E-state index is -4.51. The van der Waals surface area contributed by atoms with Gasteiger partial charge in [0.1, 0.15) is 12.4 Å². The van der Waals surface area contributed by atoms with Crippen molar-refractivity contribution in [3.8, 4) is 5.75 Å². The highest BCUT2D eigenvalue weighted by Crippen LogP contribution is 2.39. The summed E-state index contributed by atoms with van der Waals surface area (Å²) in [5, 5.41) is 2.67. The van der Waals surface area contributed by atoms with Crippen molar-refractivity contribution in [1.29, 1.82) is 0 Å². The molecule has 1 aliphatic heterocycles. The average molecular weight is 491 g/mol. The molecule has 0 saturated carbocycles. The Kier molecular flexibility index (Phi) is 7.86. The zero-order valence-electron chi connectivity index (χ0n) is 20.4. The molecule has 0 spiro atoms. The first kappa shape index (κ1) is 26.6. The van der Waals surface area contributed by atoms with Gasteiger partial charge < -0.3 is 24.1 Å². The summed E-state index contributed by atoms with van der Waals surface area (Å²) in [4.78, 5) is 12.3. The van der Waals surface area contributed by atoms with Crippen LogP contribution >= 0.6 is 0 Å². The molecule has 1 amide bonds. The number of alkyl halides is 3. The maximum atomic E-state index is 13.1. The minimum Gasteiger partial charge on any atom is -0.496 e. The van der Waals surface area contributed by atoms with Crippen molar-refractivity contribution < 1.29 is 36.7 Å². The van der Waals surface area contributed by atoms with E-state index >= 15 is 0 Å². The molecular formula is C25H29BF3NO5. The van der Waals surface area contributed by atoms with E-state index in [0.717, 1.165) is 17.7 Å². The second-order valence-electron chi connectivity index (χ2n) is 9.18. The van der Waals surface area contributed by atoms with Crippen LogP contribution in [0, 0.1) is 0 Å². The maximum absolute atomic E-state index is 13.1. The Morgan fingerprint density at radius 1 is 1.06 bits per heavy atom. The quantitative estimate of drug-likeness (QED) is 0.507. The first-order valence-corrected chi connectivity index (χ1v) is 11.1. The maximum Gasteiger partial charge on any atom is 0.492 e. The summed E-state index contributed by atoms with van der Waals surface area (Å²) < 4.78 is 62.1. The first-order valence-electron chi connectivity index (χ1n) is 11.1. The van der Waals surface area contributed by atoms with Gasteiger partial charge in [0, 0.05) is 12.1 Å². The third-order valence-electron chi connectivity index (χ3n) is 6.11. The van der Waals surface area contributed by atoms with E-state index in [4.69, 9.17) is 18.8 Å². The topological polar surface area (TPSA) is 66.0 Å². The molecule has 0 atom stereocenters. The van der Waals surface area contributed by atoms with Gasteiger partial charge >= 0.3 is 19.4 Å². The Bertz CT molecular complexity index is 1050. The van der Waals surface area contributed by atoms with E-state index in [1.807, 2.05) is 58.0 Å². The van der Waals surface area contributed by atoms with Crippen LogP contribution in [0.4, 0.5) is 18.0 Å². The largest absolute Gasteiger partial charge is 0.496 e. The number of methoxy groups -OCH3 is 1. The lowest BCUT2D eigenvalue weighted by Gasteiger charge is -2.32. The molecule has 1 saturated heterocycles. The molecule has 0 aromatic heterocycles. The average Bonchev–Trinajstić information content (AvgIpc) is 3.01. The van der Waals surface area contributed by atoms with Gasteiger partial charge in [0.15, 0.2) is 0 Å². The van der Waals surface area contributed by atoms with Crippen LogP contribution < -0.4 is 10.1 Å². The van der Waals surface area contributed by atoms with E-state index in [0.29, 0.717) is 11.0 Å². The van der Waals surface area contributed by atoms with Crippen molar-refractivity contribution in [2.75, 3.05) is 13.7 Å². The highest BCUT2D eigenvalue weighted by Gasteiger charge is 2.52. The van der Waals surface area contributed by atoms with E-state index < -0.39 is 36.2 Å². The van der Waals surface area contributed by atoms with Crippen molar-refractivity contribution >= 4 is 19.3 Å². The fraction of sp³-hybridized carbons (Fsp3) is 0.400. The predicted octanol–water partition coefficient (Wildman–Crippen LogP) is 5.66. The van der Waals surface area contributed by atoms with Crippen molar-refractivity contribution in [2.24, 2.45) is 0 Å². The number of hydrogen-bond acceptors (Lipinski definition) is 5. The van der Waals surface area contributed by atoms with E-state index in [1.165, 1.54) is 13.2 Å². The monoisotopic (exact) mass is 491 g/mol. The first-order chi connectivity index (χ1) is 16.3. The number of rotatable bonds is 7. The zero-order valence-corrected chi connectivity index (χ0v) is 20.4. The van der Waals surface area contributed by atoms with E-state index in [2.05, 4.69) is 5.32 Å². The van der Waals surface area contributed by atoms with Gasteiger partial charge in [-0.05, 0) is 50.9 Å². The lowest BCUT2D eigenvalue weighted by atomic mass is 9.77. The van der Waals surface area contributed by atoms with Gasteiger partial charge in [0.25, 0.3) is 0 Å². The van der Waals surface area contributed by atoms with Crippen LogP contribution in [0.5, 0.6) is 5.75 Å². The summed E-state index contributed by atoms with van der Waals surface area (Å²) in [5.41, 5.74) is -0.447. The third kappa shape index (κ3) is 6.58. The number of nitrogens with one attached hydrogen (secondary N) is 1. The van der Waals surface area contributed by atoms with Crippen LogP contribution in [0.25, 0.3) is 6.08 Å². The lowest BCUT2D eigenvalue weighted by Crippen LogP contribution is -2.41. The predicted molar refractivity (Wildman–Crippen MR) is 127 cm³/mol. The molecule has 0 unspecified atom stereocenters. The van der Waals surface area contributed by atoms with Crippen LogP contribution in [0.15, 0.2) is 54.0 Å². The minimum absolute atomic E-state index is 0.0192. The van der Waals surface area contributed by atoms with Gasteiger partial charge in [0.2, 0.25) is 0 Å². The number of ether oxygens (including phenoxy) is 2. The molecule has 0 aliphatic carbocycles. The smallest absolute Gasteiger partial charge is 0.492 e. The number of alkyl carbamates (subject to hydrolysis) is 1. The van der Waals surface area contributed by atoms with E-state index in [9.17, 15) is 18.0 Å². The van der Waals surface area contributed by atoms with Gasteiger partial charge in [-0.15, -0.1) is 0 Å². The Balaban J connectivity index is 1.83. The molecule has 1 N–H and O–H groups in total. The number of carbonyl (C=O) groups excluding carboxylic acids is 1. The second-order valence-corrected chi connectivity index (χ2v) is 9.18. The molecule has 1 fully saturated rings. The summed E-state index contributed by atoms with van der Waals surface area (Å²) >= 11 is 0. The number of amides is 1. The van der Waals surface area contributed by atoms with E-state index in [1.54, 1.807) is 6.08 Å². The molecule has 188 valence electrons. The summed E-state index contributed by atoms with van der Waals surface area (Å²) in [6.45, 7) is 7.59. The van der Waals surface area contributed by atoms with Gasteiger partial charge in [-0.2, -0.15) is 13.2 Å². The van der Waals surface area contributed by atoms with Crippen molar-refractivity contribution in [2.45, 2.75) is 51.7 Å². The molecule has 35 heavy (non-hydrogen) atoms. The van der Waals surface area contributed by atoms with Crippen molar-refractivity contribution in [1.82, 2.24) is 5.32 Å². The van der Waals surface area contributed by atoms with Crippen molar-refractivity contribution in [3.05, 3.63) is 70.7 Å². The van der Waals surface area contributed by atoms with Crippen molar-refractivity contribution in [3.63, 3.8) is 0 Å². The highest BCUT2D eigenvalue weighted by molar-refractivity contribution is 6.56. The molecular weight excluding hydrogens is 462 g/mol. The Morgan fingerprint density at radius 2 is 1.69 bits per heavy atom. The number of carbonyl (C=O) groups is 1. The molecule has 1 heterocycles. The standard InChI is InChI=1S/C25H29BF3NO5/c1-23(2)24(3,4)35-26(34-23)20(15-30-22(31)33-16-17-9-7-6-8-10-17)13-18-11-12-19(25(27,28)29)14-21(18)32-5/h6-14H,15-16H2,1-5H3,(H,30,31). The number of benzene rings is 2. The SMILES string of the molecule is COc1cc(C(F)(F)F)ccc1C=C(CNC(=O)OCc1ccccc1)B1OC(C)(C)C(C)(C)O1. The van der Waals surface area contributed by atoms with E-state index in [-0.39, 0.29) is 18.9 Å². The van der Waals surface area contributed by atoms with Gasteiger partial charge in [0.05, 0.1) is 23.9 Å². The Morgan fingerprint density at radius 3 is 2.26 bits per heavy atom. The van der Waals surface area contributed by atoms with Gasteiger partial charge in [-0.25, -0.2) is 4.79 Å². The zero-order chi connectivity index (χ0) is 25.9. The van der Waals surface area contributed by atoms with Gasteiger partial charge in [-0.1, -0.05) is 42.5 Å². The molecule has 2 aromatic rings. The number of halogens is 3. The van der Waals surface area contributed by atoms with Crippen LogP contribution in [0.1, 0.15) is 44.4 Å². The van der Waals surface area contributed by atoms with Crippen LogP contribution in [0.2, 0.25) is 0 Å². The van der Waals surface area contributed by atoms with Crippen LogP contribution in [0.3, 0.4) is 0 Å². The molecule has 1 aliphatic rings. The summed E-state index contributed by atoms with van der Waals surface area (Å²) in [6, 6.07) is 12.4. The fourth-order valence-corrected chi connectivity index (χ4v) is 3.35. The fourth-order valence-electron chi connectivity index (χ4n) is 3.35. The second kappa shape index (κ2) is 10.3. The lowest BCUT2D eigenvalue weighted by molar-refractivity contribution is -0.137. The molecule has 6 nitrogen and oxygen atoms in total. The number of hydrogen-bond donors (Lipinski definition) is 1. The summed E-state index contributed by atoms with van der Waals surface area (Å²) in [7, 11) is 0.446. The summed E-state index contributed by atoms with van der Waals surface area (Å²) in [6.07, 6.45) is -3.57. The molecule has 10 heteroatoms. The summed E-state index contributed by atoms with van der Waals surface area (Å²) in [5.74, 6) is 0.0282. The molecule has 3 rings (SSSR count).